The number of ether oxygens (including phenoxy) is 1. The normalized spacial score (nSPS) is 15.3. The van der Waals surface area contributed by atoms with Crippen LogP contribution in [0.2, 0.25) is 0 Å². The predicted octanol–water partition coefficient (Wildman–Crippen LogP) is 5.56. The van der Waals surface area contributed by atoms with Gasteiger partial charge in [0.05, 0.1) is 12.8 Å². The highest BCUT2D eigenvalue weighted by molar-refractivity contribution is 6.70. The van der Waals surface area contributed by atoms with Gasteiger partial charge in [0.1, 0.15) is 23.5 Å². The van der Waals surface area contributed by atoms with Crippen LogP contribution in [0.5, 0.6) is 5.75 Å². The van der Waals surface area contributed by atoms with Gasteiger partial charge in [-0.05, 0) is 61.9 Å². The molecule has 0 saturated carbocycles. The van der Waals surface area contributed by atoms with Crippen LogP contribution in [0.3, 0.4) is 0 Å². The van der Waals surface area contributed by atoms with Crippen molar-refractivity contribution < 1.29 is 14.3 Å². The number of benzodiazepines with no additional fused rings is 1. The summed E-state index contributed by atoms with van der Waals surface area (Å²) in [6.07, 6.45) is 2.25. The number of carbonyl (C=O) groups is 2. The minimum atomic E-state index is -0.782. The lowest BCUT2D eigenvalue weighted by atomic mass is 10.0. The first-order chi connectivity index (χ1) is 18.4. The Morgan fingerprint density at radius 1 is 1.08 bits per heavy atom. The van der Waals surface area contributed by atoms with Gasteiger partial charge in [-0.3, -0.25) is 14.6 Å². The van der Waals surface area contributed by atoms with E-state index in [0.29, 0.717) is 23.4 Å². The molecule has 0 aliphatic carbocycles. The molecule has 0 radical (unpaired) electrons. The molecule has 4 aromatic rings. The summed E-state index contributed by atoms with van der Waals surface area (Å²) in [6.45, 7) is 3.74. The van der Waals surface area contributed by atoms with Crippen LogP contribution >= 0.6 is 11.6 Å². The second-order valence-corrected chi connectivity index (χ2v) is 9.85. The van der Waals surface area contributed by atoms with E-state index in [2.05, 4.69) is 9.98 Å². The first-order valence-corrected chi connectivity index (χ1v) is 12.9. The molecule has 0 unspecified atom stereocenters. The van der Waals surface area contributed by atoms with Gasteiger partial charge in [-0.25, -0.2) is 0 Å². The van der Waals surface area contributed by atoms with Crippen LogP contribution in [0.4, 0.5) is 11.4 Å². The Morgan fingerprint density at radius 3 is 2.53 bits per heavy atom. The summed E-state index contributed by atoms with van der Waals surface area (Å²) in [7, 11) is 1.60. The van der Waals surface area contributed by atoms with Crippen molar-refractivity contribution in [3.8, 4) is 5.75 Å². The van der Waals surface area contributed by atoms with Gasteiger partial charge in [-0.1, -0.05) is 41.9 Å². The zero-order chi connectivity index (χ0) is 26.8. The number of amides is 2. The molecule has 1 atom stereocenters. The number of H-pyrrole nitrogens is 1. The van der Waals surface area contributed by atoms with Gasteiger partial charge in [0.2, 0.25) is 5.91 Å². The maximum atomic E-state index is 14.0. The van der Waals surface area contributed by atoms with E-state index < -0.39 is 6.04 Å². The average Bonchev–Trinajstić information content (AvgIpc) is 3.30. The van der Waals surface area contributed by atoms with E-state index in [1.807, 2.05) is 86.8 Å². The summed E-state index contributed by atoms with van der Waals surface area (Å²) in [5.41, 5.74) is 3.87. The number of carbonyl (C=O) groups excluding carboxylic acids is 2. The Hall–Kier alpha value is -4.10. The number of benzene rings is 3. The molecule has 2 heterocycles. The van der Waals surface area contributed by atoms with E-state index in [-0.39, 0.29) is 29.6 Å². The molecule has 3 aromatic carbocycles. The van der Waals surface area contributed by atoms with E-state index in [1.54, 1.807) is 18.1 Å². The SMILES string of the molecule is COc1ccc(N(C(=O)CN2C(=O)[C@H](Cc3c[nH]c4ccccc34)N=C(Cl)c3ccccc32)C(C)C)cc1. The van der Waals surface area contributed by atoms with Crippen molar-refractivity contribution in [1.82, 2.24) is 4.98 Å². The van der Waals surface area contributed by atoms with Crippen molar-refractivity contribution in [3.05, 3.63) is 90.1 Å². The van der Waals surface area contributed by atoms with E-state index >= 15 is 0 Å². The van der Waals surface area contributed by atoms with Crippen LogP contribution in [-0.2, 0) is 16.0 Å². The minimum Gasteiger partial charge on any atom is -0.497 e. The van der Waals surface area contributed by atoms with Gasteiger partial charge < -0.3 is 19.5 Å². The summed E-state index contributed by atoms with van der Waals surface area (Å²) in [5.74, 6) is 0.218. The van der Waals surface area contributed by atoms with Crippen LogP contribution in [0.15, 0.2) is 84.0 Å². The van der Waals surface area contributed by atoms with Crippen LogP contribution in [-0.4, -0.2) is 47.7 Å². The second kappa shape index (κ2) is 10.7. The van der Waals surface area contributed by atoms with E-state index in [9.17, 15) is 9.59 Å². The highest BCUT2D eigenvalue weighted by atomic mass is 35.5. The Morgan fingerprint density at radius 2 is 1.79 bits per heavy atom. The second-order valence-electron chi connectivity index (χ2n) is 9.50. The zero-order valence-corrected chi connectivity index (χ0v) is 22.3. The molecule has 5 rings (SSSR count). The van der Waals surface area contributed by atoms with Gasteiger partial charge in [0.25, 0.3) is 5.91 Å². The number of nitrogens with zero attached hydrogens (tertiary/aromatic N) is 3. The molecule has 194 valence electrons. The summed E-state index contributed by atoms with van der Waals surface area (Å²) < 4.78 is 5.27. The number of anilines is 2. The first kappa shape index (κ1) is 25.5. The zero-order valence-electron chi connectivity index (χ0n) is 21.5. The summed E-state index contributed by atoms with van der Waals surface area (Å²) in [4.78, 5) is 38.9. The topological polar surface area (TPSA) is 78.0 Å². The number of aromatic amines is 1. The molecule has 8 heteroatoms. The number of hydrogen-bond donors (Lipinski definition) is 1. The van der Waals surface area contributed by atoms with Gasteiger partial charge in [0.15, 0.2) is 0 Å². The molecule has 1 aliphatic rings. The molecular formula is C30H29ClN4O3. The van der Waals surface area contributed by atoms with Crippen molar-refractivity contribution in [3.63, 3.8) is 0 Å². The lowest BCUT2D eigenvalue weighted by Gasteiger charge is -2.31. The Labute approximate surface area is 226 Å². The third kappa shape index (κ3) is 4.89. The van der Waals surface area contributed by atoms with Crippen molar-refractivity contribution in [2.24, 2.45) is 4.99 Å². The fourth-order valence-corrected chi connectivity index (χ4v) is 5.21. The van der Waals surface area contributed by atoms with Crippen molar-refractivity contribution in [1.29, 1.82) is 0 Å². The van der Waals surface area contributed by atoms with Crippen LogP contribution in [0.25, 0.3) is 10.9 Å². The molecule has 0 saturated heterocycles. The lowest BCUT2D eigenvalue weighted by molar-refractivity contribution is -0.123. The van der Waals surface area contributed by atoms with Gasteiger partial charge in [-0.15, -0.1) is 0 Å². The fourth-order valence-electron chi connectivity index (χ4n) is 4.93. The predicted molar refractivity (Wildman–Crippen MR) is 153 cm³/mol. The molecule has 0 bridgehead atoms. The van der Waals surface area contributed by atoms with Crippen LogP contribution < -0.4 is 14.5 Å². The number of aromatic nitrogens is 1. The minimum absolute atomic E-state index is 0.130. The molecule has 2 amide bonds. The Kier molecular flexibility index (Phi) is 7.20. The molecule has 7 nitrogen and oxygen atoms in total. The number of nitrogens with one attached hydrogen (secondary N) is 1. The maximum Gasteiger partial charge on any atom is 0.252 e. The van der Waals surface area contributed by atoms with E-state index in [1.165, 1.54) is 4.90 Å². The molecule has 1 N–H and O–H groups in total. The maximum absolute atomic E-state index is 14.0. The number of para-hydroxylation sites is 2. The molecule has 1 aliphatic heterocycles. The van der Waals surface area contributed by atoms with E-state index in [0.717, 1.165) is 22.2 Å². The summed E-state index contributed by atoms with van der Waals surface area (Å²) in [5, 5.41) is 1.28. The summed E-state index contributed by atoms with van der Waals surface area (Å²) in [6, 6.07) is 21.6. The van der Waals surface area contributed by atoms with Crippen molar-refractivity contribution in [2.75, 3.05) is 23.5 Å². The number of rotatable bonds is 7. The van der Waals surface area contributed by atoms with Gasteiger partial charge in [-0.2, -0.15) is 0 Å². The summed E-state index contributed by atoms with van der Waals surface area (Å²) >= 11 is 6.67. The fraction of sp³-hybridized carbons (Fsp3) is 0.233. The molecule has 1 aromatic heterocycles. The largest absolute Gasteiger partial charge is 0.497 e. The molecule has 0 fully saturated rings. The Balaban J connectivity index is 1.49. The smallest absolute Gasteiger partial charge is 0.252 e. The number of aliphatic imine (C=N–C) groups is 1. The highest BCUT2D eigenvalue weighted by Gasteiger charge is 2.34. The standard InChI is InChI=1S/C30H29ClN4O3/c1-19(2)35(21-12-14-22(38-3)15-13-21)28(36)18-34-27-11-7-5-9-24(27)29(31)33-26(30(34)37)16-20-17-32-25-10-6-4-8-23(20)25/h4-15,17,19,26,32H,16,18H2,1-3H3/t26-/m0/s1. The number of halogens is 1. The van der Waals surface area contributed by atoms with Crippen molar-refractivity contribution in [2.45, 2.75) is 32.4 Å². The first-order valence-electron chi connectivity index (χ1n) is 12.5. The Bertz CT molecular complexity index is 1510. The van der Waals surface area contributed by atoms with Crippen LogP contribution in [0, 0.1) is 0 Å². The van der Waals surface area contributed by atoms with Crippen molar-refractivity contribution >= 4 is 50.9 Å². The number of methoxy groups -OCH3 is 1. The molecule has 38 heavy (non-hydrogen) atoms. The third-order valence-corrected chi connectivity index (χ3v) is 7.06. The highest BCUT2D eigenvalue weighted by Crippen LogP contribution is 2.30. The van der Waals surface area contributed by atoms with E-state index in [4.69, 9.17) is 16.3 Å². The number of hydrogen-bond acceptors (Lipinski definition) is 4. The number of fused-ring (bicyclic) bond motifs is 2. The monoisotopic (exact) mass is 528 g/mol. The molecule has 0 spiro atoms. The quantitative estimate of drug-likeness (QED) is 0.341. The van der Waals surface area contributed by atoms with Crippen LogP contribution in [0.1, 0.15) is 25.0 Å². The average molecular weight is 529 g/mol. The lowest BCUT2D eigenvalue weighted by Crippen LogP contribution is -2.48. The molecular weight excluding hydrogens is 500 g/mol. The van der Waals surface area contributed by atoms with Gasteiger partial charge in [0, 0.05) is 40.8 Å². The van der Waals surface area contributed by atoms with Gasteiger partial charge >= 0.3 is 0 Å². The third-order valence-electron chi connectivity index (χ3n) is 6.75.